The van der Waals surface area contributed by atoms with Gasteiger partial charge in [0.1, 0.15) is 5.75 Å². The van der Waals surface area contributed by atoms with E-state index >= 15 is 0 Å². The van der Waals surface area contributed by atoms with Crippen molar-refractivity contribution in [3.8, 4) is 5.75 Å². The molecule has 1 atom stereocenters. The fourth-order valence-electron chi connectivity index (χ4n) is 1.87. The summed E-state index contributed by atoms with van der Waals surface area (Å²) in [5, 5.41) is 0. The van der Waals surface area contributed by atoms with Crippen LogP contribution >= 0.6 is 0 Å². The van der Waals surface area contributed by atoms with E-state index in [0.717, 1.165) is 30.8 Å². The zero-order valence-electron chi connectivity index (χ0n) is 11.5. The molecule has 1 aromatic carbocycles. The highest BCUT2D eigenvalue weighted by Crippen LogP contribution is 2.21. The molecule has 0 radical (unpaired) electrons. The quantitative estimate of drug-likeness (QED) is 0.421. The van der Waals surface area contributed by atoms with Gasteiger partial charge in [-0.25, -0.2) is 0 Å². The van der Waals surface area contributed by atoms with E-state index in [-0.39, 0.29) is 6.04 Å². The number of nitrogens with one attached hydrogen (secondary N) is 1. The lowest BCUT2D eigenvalue weighted by molar-refractivity contribution is 0.111. The molecule has 4 heteroatoms. The van der Waals surface area contributed by atoms with Crippen molar-refractivity contribution in [2.24, 2.45) is 5.84 Å². The molecule has 1 rings (SSSR count). The van der Waals surface area contributed by atoms with Crippen LogP contribution in [-0.4, -0.2) is 26.4 Å². The van der Waals surface area contributed by atoms with Gasteiger partial charge in [-0.3, -0.25) is 11.3 Å². The molecule has 0 amide bonds. The molecule has 0 saturated carbocycles. The fraction of sp³-hybridized carbons (Fsp3) is 0.571. The Labute approximate surface area is 109 Å². The summed E-state index contributed by atoms with van der Waals surface area (Å²) in [5.74, 6) is 6.46. The lowest BCUT2D eigenvalue weighted by Gasteiger charge is -2.18. The number of hydrazine groups is 1. The third kappa shape index (κ3) is 4.64. The van der Waals surface area contributed by atoms with E-state index in [9.17, 15) is 0 Å². The largest absolute Gasteiger partial charge is 0.496 e. The number of hydrogen-bond donors (Lipinski definition) is 2. The van der Waals surface area contributed by atoms with E-state index in [4.69, 9.17) is 15.3 Å². The molecule has 1 unspecified atom stereocenters. The lowest BCUT2D eigenvalue weighted by atomic mass is 10.0. The SMILES string of the molecule is CCCOCC(Cc1cc(C)ccc1OC)NN. The Morgan fingerprint density at radius 3 is 2.78 bits per heavy atom. The van der Waals surface area contributed by atoms with Crippen LogP contribution in [0.15, 0.2) is 18.2 Å². The Bertz CT molecular complexity index is 356. The summed E-state index contributed by atoms with van der Waals surface area (Å²) < 4.78 is 10.9. The Hall–Kier alpha value is -1.10. The fourth-order valence-corrected chi connectivity index (χ4v) is 1.87. The van der Waals surface area contributed by atoms with E-state index < -0.39 is 0 Å². The van der Waals surface area contributed by atoms with Gasteiger partial charge in [0.05, 0.1) is 13.7 Å². The van der Waals surface area contributed by atoms with Crippen LogP contribution in [0.5, 0.6) is 5.75 Å². The normalized spacial score (nSPS) is 12.4. The summed E-state index contributed by atoms with van der Waals surface area (Å²) in [6.07, 6.45) is 1.82. The molecular weight excluding hydrogens is 228 g/mol. The number of ether oxygens (including phenoxy) is 2. The summed E-state index contributed by atoms with van der Waals surface area (Å²) in [5.41, 5.74) is 5.17. The van der Waals surface area contributed by atoms with E-state index in [1.165, 1.54) is 5.56 Å². The maximum Gasteiger partial charge on any atom is 0.122 e. The molecule has 4 nitrogen and oxygen atoms in total. The van der Waals surface area contributed by atoms with Gasteiger partial charge < -0.3 is 9.47 Å². The number of nitrogens with two attached hydrogens (primary N) is 1. The van der Waals surface area contributed by atoms with E-state index in [0.29, 0.717) is 6.61 Å². The predicted octanol–water partition coefficient (Wildman–Crippen LogP) is 1.80. The Morgan fingerprint density at radius 2 is 2.17 bits per heavy atom. The standard InChI is InChI=1S/C14H24N2O2/c1-4-7-18-10-13(16-15)9-12-8-11(2)5-6-14(12)17-3/h5-6,8,13,16H,4,7,9-10,15H2,1-3H3. The minimum Gasteiger partial charge on any atom is -0.496 e. The van der Waals surface area contributed by atoms with Gasteiger partial charge in [0.15, 0.2) is 0 Å². The van der Waals surface area contributed by atoms with Crippen LogP contribution in [-0.2, 0) is 11.2 Å². The van der Waals surface area contributed by atoms with E-state index in [1.807, 2.05) is 12.1 Å². The maximum absolute atomic E-state index is 5.56. The van der Waals surface area contributed by atoms with Gasteiger partial charge in [-0.15, -0.1) is 0 Å². The molecule has 18 heavy (non-hydrogen) atoms. The summed E-state index contributed by atoms with van der Waals surface area (Å²) in [7, 11) is 1.69. The van der Waals surface area contributed by atoms with Gasteiger partial charge >= 0.3 is 0 Å². The van der Waals surface area contributed by atoms with Crippen molar-refractivity contribution < 1.29 is 9.47 Å². The first kappa shape index (κ1) is 15.0. The van der Waals surface area contributed by atoms with Crippen molar-refractivity contribution in [2.75, 3.05) is 20.3 Å². The highest BCUT2D eigenvalue weighted by atomic mass is 16.5. The summed E-state index contributed by atoms with van der Waals surface area (Å²) >= 11 is 0. The topological polar surface area (TPSA) is 56.5 Å². The second kappa shape index (κ2) is 8.08. The highest BCUT2D eigenvalue weighted by Gasteiger charge is 2.11. The Kier molecular flexibility index (Phi) is 6.72. The number of benzene rings is 1. The van der Waals surface area contributed by atoms with Gasteiger partial charge in [-0.05, 0) is 31.4 Å². The smallest absolute Gasteiger partial charge is 0.122 e. The van der Waals surface area contributed by atoms with Crippen molar-refractivity contribution >= 4 is 0 Å². The van der Waals surface area contributed by atoms with Crippen LogP contribution in [0.2, 0.25) is 0 Å². The summed E-state index contributed by atoms with van der Waals surface area (Å²) in [6, 6.07) is 6.27. The summed E-state index contributed by atoms with van der Waals surface area (Å²) in [4.78, 5) is 0. The molecule has 0 aliphatic carbocycles. The average Bonchev–Trinajstić information content (AvgIpc) is 2.38. The maximum atomic E-state index is 5.56. The molecule has 0 fully saturated rings. The third-order valence-corrected chi connectivity index (χ3v) is 2.81. The average molecular weight is 252 g/mol. The lowest BCUT2D eigenvalue weighted by Crippen LogP contribution is -2.40. The Morgan fingerprint density at radius 1 is 1.39 bits per heavy atom. The van der Waals surface area contributed by atoms with E-state index in [2.05, 4.69) is 25.3 Å². The summed E-state index contributed by atoms with van der Waals surface area (Å²) in [6.45, 7) is 5.54. The molecular formula is C14H24N2O2. The number of rotatable bonds is 8. The number of aryl methyl sites for hydroxylation is 1. The molecule has 0 heterocycles. The zero-order valence-corrected chi connectivity index (χ0v) is 11.5. The van der Waals surface area contributed by atoms with Crippen LogP contribution in [0, 0.1) is 6.92 Å². The molecule has 0 aliphatic rings. The number of hydrogen-bond acceptors (Lipinski definition) is 4. The minimum atomic E-state index is 0.104. The molecule has 3 N–H and O–H groups in total. The first-order chi connectivity index (χ1) is 8.71. The van der Waals surface area contributed by atoms with Gasteiger partial charge in [0.25, 0.3) is 0 Å². The van der Waals surface area contributed by atoms with Gasteiger partial charge in [-0.1, -0.05) is 24.6 Å². The van der Waals surface area contributed by atoms with Crippen LogP contribution in [0.3, 0.4) is 0 Å². The molecule has 0 bridgehead atoms. The molecule has 0 aliphatic heterocycles. The minimum absolute atomic E-state index is 0.104. The molecule has 0 aromatic heterocycles. The zero-order chi connectivity index (χ0) is 13.4. The van der Waals surface area contributed by atoms with Crippen LogP contribution in [0.1, 0.15) is 24.5 Å². The predicted molar refractivity (Wildman–Crippen MR) is 73.7 cm³/mol. The highest BCUT2D eigenvalue weighted by molar-refractivity contribution is 5.37. The van der Waals surface area contributed by atoms with Crippen molar-refractivity contribution in [3.63, 3.8) is 0 Å². The molecule has 102 valence electrons. The van der Waals surface area contributed by atoms with E-state index in [1.54, 1.807) is 7.11 Å². The third-order valence-electron chi connectivity index (χ3n) is 2.81. The second-order valence-corrected chi connectivity index (χ2v) is 4.46. The van der Waals surface area contributed by atoms with Gasteiger partial charge in [0.2, 0.25) is 0 Å². The molecule has 0 spiro atoms. The number of methoxy groups -OCH3 is 1. The van der Waals surface area contributed by atoms with Gasteiger partial charge in [-0.2, -0.15) is 0 Å². The van der Waals surface area contributed by atoms with Crippen molar-refractivity contribution in [1.29, 1.82) is 0 Å². The van der Waals surface area contributed by atoms with Gasteiger partial charge in [0, 0.05) is 12.6 Å². The van der Waals surface area contributed by atoms with Crippen molar-refractivity contribution in [2.45, 2.75) is 32.7 Å². The van der Waals surface area contributed by atoms with Crippen LogP contribution in [0.25, 0.3) is 0 Å². The van der Waals surface area contributed by atoms with Crippen LogP contribution < -0.4 is 16.0 Å². The monoisotopic (exact) mass is 252 g/mol. The van der Waals surface area contributed by atoms with Crippen molar-refractivity contribution in [3.05, 3.63) is 29.3 Å². The first-order valence-corrected chi connectivity index (χ1v) is 6.38. The first-order valence-electron chi connectivity index (χ1n) is 6.38. The van der Waals surface area contributed by atoms with Crippen LogP contribution in [0.4, 0.5) is 0 Å². The second-order valence-electron chi connectivity index (χ2n) is 4.46. The van der Waals surface area contributed by atoms with Crippen molar-refractivity contribution in [1.82, 2.24) is 5.43 Å². The molecule has 1 aromatic rings. The Balaban J connectivity index is 2.65. The molecule has 0 saturated heterocycles.